The summed E-state index contributed by atoms with van der Waals surface area (Å²) in [5, 5.41) is 12.5. The summed E-state index contributed by atoms with van der Waals surface area (Å²) in [5.41, 5.74) is 0.293. The van der Waals surface area contributed by atoms with Crippen LogP contribution in [0.15, 0.2) is 59.5 Å². The molecule has 2 rings (SSSR count). The van der Waals surface area contributed by atoms with Crippen molar-refractivity contribution in [1.29, 1.82) is 0 Å². The van der Waals surface area contributed by atoms with Crippen molar-refractivity contribution < 1.29 is 22.3 Å². The van der Waals surface area contributed by atoms with Gasteiger partial charge in [-0.15, -0.1) is 0 Å². The minimum atomic E-state index is -3.94. The van der Waals surface area contributed by atoms with Crippen LogP contribution in [0.4, 0.5) is 5.69 Å². The number of carbonyl (C=O) groups is 1. The van der Waals surface area contributed by atoms with Crippen molar-refractivity contribution in [3.63, 3.8) is 0 Å². The van der Waals surface area contributed by atoms with E-state index in [9.17, 15) is 23.3 Å². The van der Waals surface area contributed by atoms with Crippen molar-refractivity contribution in [2.75, 3.05) is 11.9 Å². The molecule has 0 radical (unpaired) electrons. The van der Waals surface area contributed by atoms with Crippen LogP contribution in [0.2, 0.25) is 0 Å². The predicted octanol–water partition coefficient (Wildman–Crippen LogP) is 1.67. The molecule has 120 valence electrons. The molecule has 0 bridgehead atoms. The van der Waals surface area contributed by atoms with Crippen molar-refractivity contribution >= 4 is 21.7 Å². The highest BCUT2D eigenvalue weighted by Crippen LogP contribution is 2.20. The molecule has 23 heavy (non-hydrogen) atoms. The molecule has 0 spiro atoms. The van der Waals surface area contributed by atoms with E-state index >= 15 is 0 Å². The minimum absolute atomic E-state index is 0.0170. The molecule has 0 saturated heterocycles. The first-order valence-electron chi connectivity index (χ1n) is 6.38. The van der Waals surface area contributed by atoms with E-state index in [1.807, 2.05) is 0 Å². The van der Waals surface area contributed by atoms with Crippen LogP contribution >= 0.6 is 0 Å². The van der Waals surface area contributed by atoms with E-state index in [0.29, 0.717) is 5.69 Å². The highest BCUT2D eigenvalue weighted by molar-refractivity contribution is 7.87. The number of amides is 1. The fourth-order valence-electron chi connectivity index (χ4n) is 1.67. The number of nitrogens with zero attached hydrogens (tertiary/aromatic N) is 1. The Balaban J connectivity index is 2.06. The van der Waals surface area contributed by atoms with Gasteiger partial charge in [0, 0.05) is 10.6 Å². The molecule has 0 aliphatic rings. The van der Waals surface area contributed by atoms with Crippen LogP contribution < -0.4 is 9.50 Å². The number of hydrogen-bond donors (Lipinski definition) is 1. The molecule has 0 atom stereocenters. The van der Waals surface area contributed by atoms with Gasteiger partial charge < -0.3 is 9.50 Å². The van der Waals surface area contributed by atoms with Gasteiger partial charge in [0.1, 0.15) is 10.6 Å². The lowest BCUT2D eigenvalue weighted by molar-refractivity contribution is -0.467. The molecule has 1 N–H and O–H groups in total. The van der Waals surface area contributed by atoms with E-state index in [0.717, 1.165) is 0 Å². The Bertz CT molecular complexity index is 803. The quantitative estimate of drug-likeness (QED) is 0.487. The largest absolute Gasteiger partial charge is 0.379 e. The molecule has 0 aliphatic carbocycles. The number of benzene rings is 2. The molecule has 8 nitrogen and oxygen atoms in total. The summed E-state index contributed by atoms with van der Waals surface area (Å²) in [5.74, 6) is -0.721. The van der Waals surface area contributed by atoms with Crippen LogP contribution in [0.5, 0.6) is 5.75 Å². The van der Waals surface area contributed by atoms with Crippen LogP contribution in [0.25, 0.3) is 0 Å². The van der Waals surface area contributed by atoms with Gasteiger partial charge in [0.05, 0.1) is 0 Å². The van der Waals surface area contributed by atoms with Crippen molar-refractivity contribution in [1.82, 2.24) is 0 Å². The first-order chi connectivity index (χ1) is 10.9. The number of nitro groups is 1. The van der Waals surface area contributed by atoms with E-state index in [1.54, 1.807) is 18.2 Å². The van der Waals surface area contributed by atoms with Crippen molar-refractivity contribution in [3.05, 3.63) is 64.7 Å². The third-order valence-electron chi connectivity index (χ3n) is 2.65. The van der Waals surface area contributed by atoms with Gasteiger partial charge in [0.2, 0.25) is 0 Å². The molecule has 1 amide bonds. The SMILES string of the molecule is O=C(C[N+](=O)[O-])Nc1ccc(OS(=O)(=O)c2ccccc2)cc1. The van der Waals surface area contributed by atoms with Gasteiger partial charge in [-0.3, -0.25) is 14.9 Å². The molecule has 0 unspecified atom stereocenters. The van der Waals surface area contributed by atoms with Crippen LogP contribution in [0.3, 0.4) is 0 Å². The van der Waals surface area contributed by atoms with E-state index in [-0.39, 0.29) is 10.6 Å². The summed E-state index contributed by atoms with van der Waals surface area (Å²) in [6.45, 7) is -0.847. The van der Waals surface area contributed by atoms with Gasteiger partial charge in [-0.05, 0) is 36.4 Å². The third-order valence-corrected chi connectivity index (χ3v) is 3.91. The summed E-state index contributed by atoms with van der Waals surface area (Å²) in [6, 6.07) is 13.1. The Morgan fingerprint density at radius 2 is 1.70 bits per heavy atom. The van der Waals surface area contributed by atoms with Crippen molar-refractivity contribution in [2.24, 2.45) is 0 Å². The maximum atomic E-state index is 12.0. The molecule has 9 heteroatoms. The molecule has 2 aromatic carbocycles. The molecule has 2 aromatic rings. The van der Waals surface area contributed by atoms with E-state index in [2.05, 4.69) is 5.32 Å². The maximum absolute atomic E-state index is 12.0. The summed E-state index contributed by atoms with van der Waals surface area (Å²) < 4.78 is 29.0. The first-order valence-corrected chi connectivity index (χ1v) is 7.79. The standard InChI is InChI=1S/C14H12N2O6S/c17-14(10-16(18)19)15-11-6-8-12(9-7-11)22-23(20,21)13-4-2-1-3-5-13/h1-9H,10H2,(H,15,17). The van der Waals surface area contributed by atoms with Gasteiger partial charge in [0.25, 0.3) is 12.5 Å². The maximum Gasteiger partial charge on any atom is 0.339 e. The normalized spacial score (nSPS) is 10.8. The zero-order valence-electron chi connectivity index (χ0n) is 11.7. The third kappa shape index (κ3) is 4.78. The fourth-order valence-corrected chi connectivity index (χ4v) is 2.62. The molecule has 0 fully saturated rings. The average Bonchev–Trinajstić information content (AvgIpc) is 2.49. The zero-order chi connectivity index (χ0) is 16.9. The van der Waals surface area contributed by atoms with Gasteiger partial charge in [-0.25, -0.2) is 0 Å². The molecule has 0 aliphatic heterocycles. The zero-order valence-corrected chi connectivity index (χ0v) is 12.5. The Labute approximate surface area is 132 Å². The van der Waals surface area contributed by atoms with E-state index < -0.39 is 27.5 Å². The van der Waals surface area contributed by atoms with Crippen LogP contribution in [0, 0.1) is 10.1 Å². The average molecular weight is 336 g/mol. The van der Waals surface area contributed by atoms with Gasteiger partial charge >= 0.3 is 10.1 Å². The molecule has 0 saturated carbocycles. The Morgan fingerprint density at radius 1 is 1.09 bits per heavy atom. The van der Waals surface area contributed by atoms with Crippen molar-refractivity contribution in [2.45, 2.75) is 4.90 Å². The fraction of sp³-hybridized carbons (Fsp3) is 0.0714. The smallest absolute Gasteiger partial charge is 0.339 e. The topological polar surface area (TPSA) is 116 Å². The van der Waals surface area contributed by atoms with Gasteiger partial charge in [-0.2, -0.15) is 8.42 Å². The van der Waals surface area contributed by atoms with Crippen LogP contribution in [0.1, 0.15) is 0 Å². The highest BCUT2D eigenvalue weighted by atomic mass is 32.2. The minimum Gasteiger partial charge on any atom is -0.379 e. The number of rotatable bonds is 6. The van der Waals surface area contributed by atoms with Crippen LogP contribution in [-0.2, 0) is 14.9 Å². The summed E-state index contributed by atoms with van der Waals surface area (Å²) in [4.78, 5) is 20.7. The lowest BCUT2D eigenvalue weighted by Crippen LogP contribution is -2.21. The number of hydrogen-bond acceptors (Lipinski definition) is 6. The lowest BCUT2D eigenvalue weighted by Gasteiger charge is -2.08. The molecular formula is C14H12N2O6S. The molecule has 0 heterocycles. The van der Waals surface area contributed by atoms with Crippen LogP contribution in [-0.4, -0.2) is 25.8 Å². The number of carbonyl (C=O) groups excluding carboxylic acids is 1. The molecule has 0 aromatic heterocycles. The second-order valence-corrected chi connectivity index (χ2v) is 5.96. The van der Waals surface area contributed by atoms with E-state index in [4.69, 9.17) is 4.18 Å². The number of anilines is 1. The van der Waals surface area contributed by atoms with E-state index in [1.165, 1.54) is 36.4 Å². The van der Waals surface area contributed by atoms with Crippen molar-refractivity contribution in [3.8, 4) is 5.75 Å². The lowest BCUT2D eigenvalue weighted by atomic mass is 10.3. The monoisotopic (exact) mass is 336 g/mol. The summed E-state index contributed by atoms with van der Waals surface area (Å²) in [7, 11) is -3.94. The second-order valence-electron chi connectivity index (χ2n) is 4.41. The Kier molecular flexibility index (Phi) is 4.91. The second kappa shape index (κ2) is 6.88. The predicted molar refractivity (Wildman–Crippen MR) is 81.2 cm³/mol. The summed E-state index contributed by atoms with van der Waals surface area (Å²) in [6.07, 6.45) is 0. The molecular weight excluding hydrogens is 324 g/mol. The highest BCUT2D eigenvalue weighted by Gasteiger charge is 2.16. The van der Waals surface area contributed by atoms with Gasteiger partial charge in [-0.1, -0.05) is 18.2 Å². The Hall–Kier alpha value is -2.94. The van der Waals surface area contributed by atoms with Gasteiger partial charge in [0.15, 0.2) is 0 Å². The summed E-state index contributed by atoms with van der Waals surface area (Å²) >= 11 is 0. The Morgan fingerprint density at radius 3 is 2.26 bits per heavy atom. The number of nitrogens with one attached hydrogen (secondary N) is 1. The first kappa shape index (κ1) is 16.4.